The van der Waals surface area contributed by atoms with Crippen molar-refractivity contribution < 1.29 is 9.94 Å². The predicted molar refractivity (Wildman–Crippen MR) is 39.9 cm³/mol. The molecule has 58 valence electrons. The van der Waals surface area contributed by atoms with E-state index in [1.165, 1.54) is 0 Å². The first kappa shape index (κ1) is 6.64. The Kier molecular flexibility index (Phi) is 1.34. The number of nitrogens with one attached hydrogen (secondary N) is 1. The summed E-state index contributed by atoms with van der Waals surface area (Å²) < 4.78 is 0. The Hall–Kier alpha value is -1.06. The maximum absolute atomic E-state index is 9.24. The van der Waals surface area contributed by atoms with Crippen LogP contribution in [-0.2, 0) is 0 Å². The highest BCUT2D eigenvalue weighted by molar-refractivity contribution is 5.39. The van der Waals surface area contributed by atoms with Gasteiger partial charge >= 0.3 is 0 Å². The maximum Gasteiger partial charge on any atom is 0.166 e. The van der Waals surface area contributed by atoms with Crippen LogP contribution in [0.15, 0.2) is 18.2 Å². The SMILES string of the molecule is Cc1ccc2c(c1)ONC2O. The van der Waals surface area contributed by atoms with Crippen LogP contribution in [0, 0.1) is 6.92 Å². The molecule has 2 N–H and O–H groups in total. The van der Waals surface area contributed by atoms with Gasteiger partial charge in [0.05, 0.1) is 0 Å². The molecule has 0 spiro atoms. The lowest BCUT2D eigenvalue weighted by Crippen LogP contribution is -2.15. The summed E-state index contributed by atoms with van der Waals surface area (Å²) in [6.45, 7) is 1.98. The average molecular weight is 151 g/mol. The molecule has 0 radical (unpaired) electrons. The number of aryl methyl sites for hydroxylation is 1. The molecule has 0 saturated heterocycles. The zero-order chi connectivity index (χ0) is 7.84. The van der Waals surface area contributed by atoms with Gasteiger partial charge in [0.2, 0.25) is 0 Å². The van der Waals surface area contributed by atoms with E-state index in [0.717, 1.165) is 16.9 Å². The molecule has 1 atom stereocenters. The summed E-state index contributed by atoms with van der Waals surface area (Å²) in [6.07, 6.45) is -0.675. The van der Waals surface area contributed by atoms with E-state index < -0.39 is 6.23 Å². The topological polar surface area (TPSA) is 41.5 Å². The summed E-state index contributed by atoms with van der Waals surface area (Å²) in [6, 6.07) is 5.69. The molecule has 0 saturated carbocycles. The van der Waals surface area contributed by atoms with E-state index >= 15 is 0 Å². The first-order chi connectivity index (χ1) is 5.27. The molecule has 3 nitrogen and oxygen atoms in total. The second-order valence-electron chi connectivity index (χ2n) is 2.66. The van der Waals surface area contributed by atoms with E-state index in [0.29, 0.717) is 0 Å². The van der Waals surface area contributed by atoms with E-state index in [-0.39, 0.29) is 0 Å². The second kappa shape index (κ2) is 2.22. The van der Waals surface area contributed by atoms with Gasteiger partial charge in [-0.15, -0.1) is 5.48 Å². The van der Waals surface area contributed by atoms with Crippen molar-refractivity contribution in [2.75, 3.05) is 0 Å². The Morgan fingerprint density at radius 3 is 3.18 bits per heavy atom. The molecule has 1 unspecified atom stereocenters. The van der Waals surface area contributed by atoms with Gasteiger partial charge in [-0.3, -0.25) is 0 Å². The molecule has 0 fully saturated rings. The van der Waals surface area contributed by atoms with Gasteiger partial charge in [0.15, 0.2) is 12.0 Å². The molecule has 1 aromatic carbocycles. The fourth-order valence-corrected chi connectivity index (χ4v) is 1.14. The molecule has 11 heavy (non-hydrogen) atoms. The number of hydrogen-bond donors (Lipinski definition) is 2. The van der Waals surface area contributed by atoms with Gasteiger partial charge in [-0.05, 0) is 18.6 Å². The molecule has 1 aliphatic rings. The Bertz CT molecular complexity index is 285. The van der Waals surface area contributed by atoms with Gasteiger partial charge in [-0.25, -0.2) is 0 Å². The third kappa shape index (κ3) is 0.982. The Morgan fingerprint density at radius 2 is 2.36 bits per heavy atom. The van der Waals surface area contributed by atoms with Crippen molar-refractivity contribution in [2.45, 2.75) is 13.2 Å². The van der Waals surface area contributed by atoms with E-state index in [4.69, 9.17) is 4.84 Å². The van der Waals surface area contributed by atoms with Gasteiger partial charge in [-0.1, -0.05) is 12.1 Å². The first-order valence-corrected chi connectivity index (χ1v) is 3.48. The van der Waals surface area contributed by atoms with Crippen LogP contribution in [0.1, 0.15) is 17.4 Å². The first-order valence-electron chi connectivity index (χ1n) is 3.48. The Labute approximate surface area is 64.6 Å². The van der Waals surface area contributed by atoms with Crippen LogP contribution in [-0.4, -0.2) is 5.11 Å². The van der Waals surface area contributed by atoms with Crippen LogP contribution in [0.5, 0.6) is 5.75 Å². The minimum Gasteiger partial charge on any atom is -0.405 e. The fraction of sp³-hybridized carbons (Fsp3) is 0.250. The molecule has 1 aromatic rings. The number of fused-ring (bicyclic) bond motifs is 1. The maximum atomic E-state index is 9.24. The number of aliphatic hydroxyl groups excluding tert-OH is 1. The summed E-state index contributed by atoms with van der Waals surface area (Å²) in [5, 5.41) is 9.24. The van der Waals surface area contributed by atoms with Crippen molar-refractivity contribution in [1.82, 2.24) is 5.48 Å². The molecular weight excluding hydrogens is 142 g/mol. The van der Waals surface area contributed by atoms with Crippen LogP contribution in [0.25, 0.3) is 0 Å². The number of rotatable bonds is 0. The quantitative estimate of drug-likeness (QED) is 0.578. The summed E-state index contributed by atoms with van der Waals surface area (Å²) >= 11 is 0. The number of hydroxylamine groups is 1. The summed E-state index contributed by atoms with van der Waals surface area (Å²) in [5.74, 6) is 0.720. The molecule has 2 rings (SSSR count). The van der Waals surface area contributed by atoms with Crippen LogP contribution in [0.2, 0.25) is 0 Å². The minimum absolute atomic E-state index is 0.675. The fourth-order valence-electron chi connectivity index (χ4n) is 1.14. The Balaban J connectivity index is 2.50. The van der Waals surface area contributed by atoms with Crippen molar-refractivity contribution >= 4 is 0 Å². The van der Waals surface area contributed by atoms with Crippen molar-refractivity contribution in [3.05, 3.63) is 29.3 Å². The second-order valence-corrected chi connectivity index (χ2v) is 2.66. The summed E-state index contributed by atoms with van der Waals surface area (Å²) in [4.78, 5) is 4.99. The highest BCUT2D eigenvalue weighted by atomic mass is 16.7. The van der Waals surface area contributed by atoms with Gasteiger partial charge in [0, 0.05) is 5.56 Å². The van der Waals surface area contributed by atoms with Gasteiger partial charge < -0.3 is 9.94 Å². The number of hydrogen-bond acceptors (Lipinski definition) is 3. The lowest BCUT2D eigenvalue weighted by Gasteiger charge is -1.97. The van der Waals surface area contributed by atoms with Crippen LogP contribution >= 0.6 is 0 Å². The summed E-state index contributed by atoms with van der Waals surface area (Å²) in [7, 11) is 0. The molecule has 0 aromatic heterocycles. The van der Waals surface area contributed by atoms with Crippen molar-refractivity contribution in [3.63, 3.8) is 0 Å². The molecule has 3 heteroatoms. The van der Waals surface area contributed by atoms with E-state index in [2.05, 4.69) is 5.48 Å². The third-order valence-electron chi connectivity index (χ3n) is 1.74. The number of benzene rings is 1. The lowest BCUT2D eigenvalue weighted by molar-refractivity contribution is 0.0529. The molecular formula is C8H9NO2. The molecule has 1 aliphatic heterocycles. The molecule has 0 bridgehead atoms. The molecule has 0 amide bonds. The highest BCUT2D eigenvalue weighted by Gasteiger charge is 2.20. The standard InChI is InChI=1S/C8H9NO2/c1-5-2-3-6-7(4-5)11-9-8(6)10/h2-4,8-10H,1H3. The molecule has 0 aliphatic carbocycles. The van der Waals surface area contributed by atoms with Gasteiger partial charge in [0.25, 0.3) is 0 Å². The minimum atomic E-state index is -0.675. The van der Waals surface area contributed by atoms with Crippen molar-refractivity contribution in [3.8, 4) is 5.75 Å². The van der Waals surface area contributed by atoms with Gasteiger partial charge in [-0.2, -0.15) is 0 Å². The summed E-state index contributed by atoms with van der Waals surface area (Å²) in [5.41, 5.74) is 4.39. The zero-order valence-electron chi connectivity index (χ0n) is 6.16. The van der Waals surface area contributed by atoms with E-state index in [9.17, 15) is 5.11 Å². The normalized spacial score (nSPS) is 21.1. The average Bonchev–Trinajstić information content (AvgIpc) is 2.32. The van der Waals surface area contributed by atoms with E-state index in [1.807, 2.05) is 25.1 Å². The van der Waals surface area contributed by atoms with Crippen molar-refractivity contribution in [2.24, 2.45) is 0 Å². The lowest BCUT2D eigenvalue weighted by atomic mass is 10.1. The largest absolute Gasteiger partial charge is 0.405 e. The third-order valence-corrected chi connectivity index (χ3v) is 1.74. The Morgan fingerprint density at radius 1 is 1.55 bits per heavy atom. The van der Waals surface area contributed by atoms with Crippen molar-refractivity contribution in [1.29, 1.82) is 0 Å². The highest BCUT2D eigenvalue weighted by Crippen LogP contribution is 2.29. The van der Waals surface area contributed by atoms with Crippen LogP contribution in [0.3, 0.4) is 0 Å². The number of aliphatic hydroxyl groups is 1. The van der Waals surface area contributed by atoms with Crippen LogP contribution in [0.4, 0.5) is 0 Å². The monoisotopic (exact) mass is 151 g/mol. The van der Waals surface area contributed by atoms with Gasteiger partial charge in [0.1, 0.15) is 0 Å². The zero-order valence-corrected chi connectivity index (χ0v) is 6.16. The smallest absolute Gasteiger partial charge is 0.166 e. The molecule has 1 heterocycles. The van der Waals surface area contributed by atoms with Crippen LogP contribution < -0.4 is 10.3 Å². The van der Waals surface area contributed by atoms with E-state index in [1.54, 1.807) is 0 Å². The predicted octanol–water partition coefficient (Wildman–Crippen LogP) is 0.883.